The van der Waals surface area contributed by atoms with E-state index < -0.39 is 4.92 Å². The number of para-hydroxylation sites is 1. The van der Waals surface area contributed by atoms with Crippen LogP contribution in [-0.4, -0.2) is 47.6 Å². The van der Waals surface area contributed by atoms with Gasteiger partial charge in [-0.1, -0.05) is 42.5 Å². The molecule has 8 nitrogen and oxygen atoms in total. The van der Waals surface area contributed by atoms with Crippen molar-refractivity contribution in [2.75, 3.05) is 31.1 Å². The van der Waals surface area contributed by atoms with E-state index in [1.165, 1.54) is 17.8 Å². The van der Waals surface area contributed by atoms with Gasteiger partial charge in [0.2, 0.25) is 0 Å². The standard InChI is InChI=1S/C26H27N5O3/c1-20(23-6-5-9-25(18-23)31(33)34)27-28-26(32)22-12-10-21(11-13-22)19-29-14-16-30(17-15-29)24-7-3-2-4-8-24/h2-13,18H,14-17,19H2,1H3,(H,28,32)/b27-20-. The van der Waals surface area contributed by atoms with Crippen LogP contribution < -0.4 is 10.3 Å². The third-order valence-electron chi connectivity index (χ3n) is 5.92. The largest absolute Gasteiger partial charge is 0.369 e. The van der Waals surface area contributed by atoms with Gasteiger partial charge in [0.05, 0.1) is 10.6 Å². The summed E-state index contributed by atoms with van der Waals surface area (Å²) >= 11 is 0. The SMILES string of the molecule is C/C(=N/NC(=O)c1ccc(CN2CCN(c3ccccc3)CC2)cc1)c1cccc([N+](=O)[O-])c1. The average molecular weight is 458 g/mol. The third kappa shape index (κ3) is 5.85. The molecular weight excluding hydrogens is 430 g/mol. The topological polar surface area (TPSA) is 91.1 Å². The molecule has 3 aromatic carbocycles. The molecular formula is C26H27N5O3. The molecule has 0 unspecified atom stereocenters. The summed E-state index contributed by atoms with van der Waals surface area (Å²) in [5, 5.41) is 15.0. The Kier molecular flexibility index (Phi) is 7.29. The second-order valence-corrected chi connectivity index (χ2v) is 8.24. The molecule has 1 saturated heterocycles. The van der Waals surface area contributed by atoms with E-state index >= 15 is 0 Å². The monoisotopic (exact) mass is 457 g/mol. The van der Waals surface area contributed by atoms with Crippen LogP contribution in [0.5, 0.6) is 0 Å². The van der Waals surface area contributed by atoms with Crippen molar-refractivity contribution in [2.24, 2.45) is 5.10 Å². The van der Waals surface area contributed by atoms with Crippen molar-refractivity contribution in [3.8, 4) is 0 Å². The Morgan fingerprint density at radius 1 is 0.941 bits per heavy atom. The first-order valence-electron chi connectivity index (χ1n) is 11.2. The highest BCUT2D eigenvalue weighted by Gasteiger charge is 2.17. The lowest BCUT2D eigenvalue weighted by Gasteiger charge is -2.36. The number of nitro benzene ring substituents is 1. The Bertz CT molecular complexity index is 1170. The van der Waals surface area contributed by atoms with Gasteiger partial charge in [-0.25, -0.2) is 5.43 Å². The first-order chi connectivity index (χ1) is 16.5. The molecule has 3 aromatic rings. The van der Waals surface area contributed by atoms with Gasteiger partial charge in [-0.05, 0) is 36.8 Å². The molecule has 1 aliphatic heterocycles. The fourth-order valence-corrected chi connectivity index (χ4v) is 3.93. The number of non-ortho nitro benzene ring substituents is 1. The van der Waals surface area contributed by atoms with Crippen LogP contribution >= 0.6 is 0 Å². The van der Waals surface area contributed by atoms with E-state index in [0.29, 0.717) is 16.8 Å². The molecule has 0 spiro atoms. The smallest absolute Gasteiger partial charge is 0.271 e. The minimum absolute atomic E-state index is 0.0181. The second kappa shape index (κ2) is 10.7. The maximum atomic E-state index is 12.5. The molecule has 0 aliphatic carbocycles. The molecule has 34 heavy (non-hydrogen) atoms. The molecule has 1 amide bonds. The van der Waals surface area contributed by atoms with E-state index in [1.54, 1.807) is 31.2 Å². The molecule has 0 atom stereocenters. The van der Waals surface area contributed by atoms with Crippen molar-refractivity contribution in [1.29, 1.82) is 0 Å². The molecule has 174 valence electrons. The summed E-state index contributed by atoms with van der Waals surface area (Å²) in [6.45, 7) is 6.50. The number of hydrogen-bond donors (Lipinski definition) is 1. The zero-order valence-corrected chi connectivity index (χ0v) is 19.1. The van der Waals surface area contributed by atoms with E-state index in [1.807, 2.05) is 18.2 Å². The Morgan fingerprint density at radius 3 is 2.32 bits per heavy atom. The number of nitrogens with one attached hydrogen (secondary N) is 1. The van der Waals surface area contributed by atoms with Crippen molar-refractivity contribution < 1.29 is 9.72 Å². The third-order valence-corrected chi connectivity index (χ3v) is 5.92. The fraction of sp³-hybridized carbons (Fsp3) is 0.231. The molecule has 8 heteroatoms. The number of piperazine rings is 1. The quantitative estimate of drug-likeness (QED) is 0.328. The molecule has 0 aromatic heterocycles. The number of amides is 1. The van der Waals surface area contributed by atoms with Crippen LogP contribution in [0.3, 0.4) is 0 Å². The van der Waals surface area contributed by atoms with Crippen LogP contribution in [0.2, 0.25) is 0 Å². The van der Waals surface area contributed by atoms with Crippen molar-refractivity contribution in [3.63, 3.8) is 0 Å². The number of benzene rings is 3. The van der Waals surface area contributed by atoms with E-state index in [-0.39, 0.29) is 11.6 Å². The Morgan fingerprint density at radius 2 is 1.65 bits per heavy atom. The van der Waals surface area contributed by atoms with Crippen LogP contribution in [0.1, 0.15) is 28.4 Å². The zero-order valence-electron chi connectivity index (χ0n) is 19.1. The molecule has 1 N–H and O–H groups in total. The maximum Gasteiger partial charge on any atom is 0.271 e. The highest BCUT2D eigenvalue weighted by molar-refractivity contribution is 6.01. The van der Waals surface area contributed by atoms with Crippen LogP contribution in [-0.2, 0) is 6.54 Å². The molecule has 1 fully saturated rings. The maximum absolute atomic E-state index is 12.5. The van der Waals surface area contributed by atoms with E-state index in [9.17, 15) is 14.9 Å². The molecule has 0 radical (unpaired) electrons. The predicted molar refractivity (Wildman–Crippen MR) is 133 cm³/mol. The van der Waals surface area contributed by atoms with E-state index in [2.05, 4.69) is 44.6 Å². The van der Waals surface area contributed by atoms with Gasteiger partial charge in [0.25, 0.3) is 11.6 Å². The van der Waals surface area contributed by atoms with Crippen molar-refractivity contribution in [2.45, 2.75) is 13.5 Å². The highest BCUT2D eigenvalue weighted by Crippen LogP contribution is 2.17. The number of carbonyl (C=O) groups is 1. The lowest BCUT2D eigenvalue weighted by Crippen LogP contribution is -2.45. The number of carbonyl (C=O) groups excluding carboxylic acids is 1. The predicted octanol–water partition coefficient (Wildman–Crippen LogP) is 4.07. The molecule has 1 heterocycles. The van der Waals surface area contributed by atoms with Gasteiger partial charge < -0.3 is 4.90 Å². The number of rotatable bonds is 7. The van der Waals surface area contributed by atoms with Gasteiger partial charge in [-0.2, -0.15) is 5.10 Å². The number of hydrazone groups is 1. The van der Waals surface area contributed by atoms with Crippen LogP contribution in [0.15, 0.2) is 84.0 Å². The van der Waals surface area contributed by atoms with Gasteiger partial charge in [-0.3, -0.25) is 19.8 Å². The Balaban J connectivity index is 1.29. The summed E-state index contributed by atoms with van der Waals surface area (Å²) in [5.41, 5.74) is 6.51. The van der Waals surface area contributed by atoms with Crippen LogP contribution in [0, 0.1) is 10.1 Å². The molecule has 0 saturated carbocycles. The summed E-state index contributed by atoms with van der Waals surface area (Å²) in [7, 11) is 0. The summed E-state index contributed by atoms with van der Waals surface area (Å²) in [6.07, 6.45) is 0. The van der Waals surface area contributed by atoms with Crippen molar-refractivity contribution in [1.82, 2.24) is 10.3 Å². The lowest BCUT2D eigenvalue weighted by atomic mass is 10.1. The minimum atomic E-state index is -0.458. The van der Waals surface area contributed by atoms with Crippen LogP contribution in [0.4, 0.5) is 11.4 Å². The summed E-state index contributed by atoms with van der Waals surface area (Å²) in [4.78, 5) is 27.8. The highest BCUT2D eigenvalue weighted by atomic mass is 16.6. The summed E-state index contributed by atoms with van der Waals surface area (Å²) in [6, 6.07) is 24.1. The minimum Gasteiger partial charge on any atom is -0.369 e. The van der Waals surface area contributed by atoms with Crippen LogP contribution in [0.25, 0.3) is 0 Å². The summed E-state index contributed by atoms with van der Waals surface area (Å²) in [5.74, 6) is -0.326. The lowest BCUT2D eigenvalue weighted by molar-refractivity contribution is -0.384. The van der Waals surface area contributed by atoms with Gasteiger partial charge in [0.1, 0.15) is 0 Å². The first-order valence-corrected chi connectivity index (χ1v) is 11.2. The number of nitrogens with zero attached hydrogens (tertiary/aromatic N) is 4. The normalized spacial score (nSPS) is 14.6. The van der Waals surface area contributed by atoms with Gasteiger partial charge in [0, 0.05) is 61.7 Å². The van der Waals surface area contributed by atoms with Crippen molar-refractivity contribution >= 4 is 23.0 Å². The molecule has 4 rings (SSSR count). The van der Waals surface area contributed by atoms with Crippen molar-refractivity contribution in [3.05, 3.63) is 106 Å². The number of hydrogen-bond acceptors (Lipinski definition) is 6. The molecule has 1 aliphatic rings. The van der Waals surface area contributed by atoms with E-state index in [4.69, 9.17) is 0 Å². The number of anilines is 1. The van der Waals surface area contributed by atoms with Gasteiger partial charge >= 0.3 is 0 Å². The summed E-state index contributed by atoms with van der Waals surface area (Å²) < 4.78 is 0. The first kappa shape index (κ1) is 23.1. The zero-order chi connectivity index (χ0) is 23.9. The van der Waals surface area contributed by atoms with E-state index in [0.717, 1.165) is 38.3 Å². The van der Waals surface area contributed by atoms with Gasteiger partial charge in [0.15, 0.2) is 0 Å². The molecule has 0 bridgehead atoms. The Hall–Kier alpha value is -4.04. The van der Waals surface area contributed by atoms with Gasteiger partial charge in [-0.15, -0.1) is 0 Å². The number of nitro groups is 1. The Labute approximate surface area is 198 Å². The average Bonchev–Trinajstić information content (AvgIpc) is 2.88. The second-order valence-electron chi connectivity index (χ2n) is 8.24. The fourth-order valence-electron chi connectivity index (χ4n) is 3.93.